The van der Waals surface area contributed by atoms with E-state index >= 15 is 0 Å². The van der Waals surface area contributed by atoms with E-state index in [-0.39, 0.29) is 17.4 Å². The topological polar surface area (TPSA) is 62.3 Å². The third kappa shape index (κ3) is 3.59. The Morgan fingerprint density at radius 3 is 2.67 bits per heavy atom. The van der Waals surface area contributed by atoms with Crippen LogP contribution in [0.5, 0.6) is 0 Å². The lowest BCUT2D eigenvalue weighted by atomic mass is 9.77. The minimum absolute atomic E-state index is 0.00418. The van der Waals surface area contributed by atoms with Crippen molar-refractivity contribution in [2.75, 3.05) is 0 Å². The van der Waals surface area contributed by atoms with Gasteiger partial charge in [-0.25, -0.2) is 0 Å². The molecule has 2 heterocycles. The number of amides is 2. The van der Waals surface area contributed by atoms with Crippen LogP contribution in [0.25, 0.3) is 0 Å². The molecule has 140 valence electrons. The SMILES string of the molecule is O=C(CC1(N2Cc3ccccc3C2=O)CCCCC1)NCc1cccnc1. The minimum atomic E-state index is -0.368. The predicted octanol–water partition coefficient (Wildman–Crippen LogP) is 3.45. The third-order valence-electron chi connectivity index (χ3n) is 5.88. The maximum atomic E-state index is 13.0. The molecule has 2 aliphatic rings. The van der Waals surface area contributed by atoms with E-state index < -0.39 is 0 Å². The van der Waals surface area contributed by atoms with Gasteiger partial charge in [0.1, 0.15) is 0 Å². The molecule has 0 saturated heterocycles. The Labute approximate surface area is 159 Å². The zero-order chi connectivity index (χ0) is 18.7. The van der Waals surface area contributed by atoms with Gasteiger partial charge in [-0.05, 0) is 36.1 Å². The smallest absolute Gasteiger partial charge is 0.254 e. The largest absolute Gasteiger partial charge is 0.352 e. The lowest BCUT2D eigenvalue weighted by molar-refractivity contribution is -0.124. The van der Waals surface area contributed by atoms with E-state index in [2.05, 4.69) is 10.3 Å². The summed E-state index contributed by atoms with van der Waals surface area (Å²) in [7, 11) is 0. The number of nitrogens with zero attached hydrogens (tertiary/aromatic N) is 2. The van der Waals surface area contributed by atoms with Crippen molar-refractivity contribution < 1.29 is 9.59 Å². The Morgan fingerprint density at radius 1 is 1.11 bits per heavy atom. The van der Waals surface area contributed by atoms with Crippen LogP contribution in [0.15, 0.2) is 48.8 Å². The van der Waals surface area contributed by atoms with E-state index in [0.717, 1.165) is 42.4 Å². The van der Waals surface area contributed by atoms with Crippen LogP contribution in [-0.4, -0.2) is 27.2 Å². The quantitative estimate of drug-likeness (QED) is 0.885. The average Bonchev–Trinajstić information content (AvgIpc) is 3.06. The number of benzene rings is 1. The molecule has 5 heteroatoms. The molecular formula is C22H25N3O2. The normalized spacial score (nSPS) is 18.2. The Bertz CT molecular complexity index is 828. The van der Waals surface area contributed by atoms with E-state index in [1.54, 1.807) is 12.4 Å². The summed E-state index contributed by atoms with van der Waals surface area (Å²) < 4.78 is 0. The van der Waals surface area contributed by atoms with Crippen molar-refractivity contribution in [1.82, 2.24) is 15.2 Å². The summed E-state index contributed by atoms with van der Waals surface area (Å²) in [6.45, 7) is 1.09. The molecule has 1 aromatic carbocycles. The first kappa shape index (κ1) is 17.7. The van der Waals surface area contributed by atoms with Crippen LogP contribution in [0, 0.1) is 0 Å². The lowest BCUT2D eigenvalue weighted by Crippen LogP contribution is -2.52. The molecule has 27 heavy (non-hydrogen) atoms. The molecule has 1 saturated carbocycles. The van der Waals surface area contributed by atoms with E-state index in [1.807, 2.05) is 41.3 Å². The highest BCUT2D eigenvalue weighted by Crippen LogP contribution is 2.41. The summed E-state index contributed by atoms with van der Waals surface area (Å²) >= 11 is 0. The summed E-state index contributed by atoms with van der Waals surface area (Å²) in [6, 6.07) is 11.6. The van der Waals surface area contributed by atoms with Crippen LogP contribution in [0.4, 0.5) is 0 Å². The highest BCUT2D eigenvalue weighted by molar-refractivity contribution is 5.99. The van der Waals surface area contributed by atoms with Gasteiger partial charge in [-0.1, -0.05) is 43.5 Å². The van der Waals surface area contributed by atoms with Gasteiger partial charge in [0.15, 0.2) is 0 Å². The molecule has 1 N–H and O–H groups in total. The van der Waals surface area contributed by atoms with Gasteiger partial charge in [0.2, 0.25) is 5.91 Å². The molecule has 4 rings (SSSR count). The monoisotopic (exact) mass is 363 g/mol. The third-order valence-corrected chi connectivity index (χ3v) is 5.88. The van der Waals surface area contributed by atoms with Gasteiger partial charge in [-0.15, -0.1) is 0 Å². The van der Waals surface area contributed by atoms with Crippen molar-refractivity contribution in [1.29, 1.82) is 0 Å². The van der Waals surface area contributed by atoms with Gasteiger partial charge in [0.25, 0.3) is 5.91 Å². The van der Waals surface area contributed by atoms with Gasteiger partial charge in [-0.3, -0.25) is 14.6 Å². The zero-order valence-electron chi connectivity index (χ0n) is 15.5. The first-order chi connectivity index (χ1) is 13.2. The van der Waals surface area contributed by atoms with E-state index in [1.165, 1.54) is 6.42 Å². The Hall–Kier alpha value is -2.69. The fourth-order valence-electron chi connectivity index (χ4n) is 4.45. The number of aromatic nitrogens is 1. The molecule has 1 aliphatic carbocycles. The van der Waals surface area contributed by atoms with Crippen molar-refractivity contribution in [2.24, 2.45) is 0 Å². The van der Waals surface area contributed by atoms with Gasteiger partial charge in [0.05, 0.1) is 5.54 Å². The van der Waals surface area contributed by atoms with Gasteiger partial charge < -0.3 is 10.2 Å². The standard InChI is InChI=1S/C22H25N3O2/c26-20(24-15-17-7-6-12-23-14-17)13-22(10-4-1-5-11-22)25-16-18-8-2-3-9-19(18)21(25)27/h2-3,6-9,12,14H,1,4-5,10-11,13,15-16H2,(H,24,26). The molecule has 0 radical (unpaired) electrons. The van der Waals surface area contributed by atoms with Gasteiger partial charge >= 0.3 is 0 Å². The lowest BCUT2D eigenvalue weighted by Gasteiger charge is -2.44. The maximum absolute atomic E-state index is 13.0. The first-order valence-electron chi connectivity index (χ1n) is 9.73. The summed E-state index contributed by atoms with van der Waals surface area (Å²) in [6.07, 6.45) is 8.95. The van der Waals surface area contributed by atoms with Crippen molar-refractivity contribution in [2.45, 2.75) is 57.2 Å². The van der Waals surface area contributed by atoms with Crippen LogP contribution in [0.3, 0.4) is 0 Å². The molecule has 0 atom stereocenters. The van der Waals surface area contributed by atoms with Gasteiger partial charge in [0, 0.05) is 37.5 Å². The molecule has 0 unspecified atom stereocenters. The fraction of sp³-hybridized carbons (Fsp3) is 0.409. The van der Waals surface area contributed by atoms with Crippen molar-refractivity contribution in [3.05, 3.63) is 65.5 Å². The van der Waals surface area contributed by atoms with Gasteiger partial charge in [-0.2, -0.15) is 0 Å². The van der Waals surface area contributed by atoms with E-state index in [4.69, 9.17) is 0 Å². The Morgan fingerprint density at radius 2 is 1.93 bits per heavy atom. The predicted molar refractivity (Wildman–Crippen MR) is 103 cm³/mol. The molecule has 1 fully saturated rings. The summed E-state index contributed by atoms with van der Waals surface area (Å²) in [5.74, 6) is 0.0806. The number of rotatable bonds is 5. The highest BCUT2D eigenvalue weighted by atomic mass is 16.2. The molecule has 1 aromatic heterocycles. The number of carbonyl (C=O) groups is 2. The number of hydrogen-bond acceptors (Lipinski definition) is 3. The van der Waals surface area contributed by atoms with E-state index in [0.29, 0.717) is 19.5 Å². The molecule has 2 aromatic rings. The second-order valence-corrected chi connectivity index (χ2v) is 7.65. The van der Waals surface area contributed by atoms with E-state index in [9.17, 15) is 9.59 Å². The number of pyridine rings is 1. The Balaban J connectivity index is 1.49. The molecule has 0 bridgehead atoms. The number of nitrogens with one attached hydrogen (secondary N) is 1. The number of carbonyl (C=O) groups excluding carboxylic acids is 2. The molecular weight excluding hydrogens is 338 g/mol. The van der Waals surface area contributed by atoms with Crippen LogP contribution in [-0.2, 0) is 17.9 Å². The van der Waals surface area contributed by atoms with Crippen molar-refractivity contribution in [3.8, 4) is 0 Å². The molecule has 0 spiro atoms. The summed E-state index contributed by atoms with van der Waals surface area (Å²) in [5.41, 5.74) is 2.47. The minimum Gasteiger partial charge on any atom is -0.352 e. The molecule has 5 nitrogen and oxygen atoms in total. The van der Waals surface area contributed by atoms with Crippen molar-refractivity contribution in [3.63, 3.8) is 0 Å². The molecule has 1 aliphatic heterocycles. The number of fused-ring (bicyclic) bond motifs is 1. The molecule has 2 amide bonds. The summed E-state index contributed by atoms with van der Waals surface area (Å²) in [5, 5.41) is 3.01. The van der Waals surface area contributed by atoms with Crippen LogP contribution in [0.2, 0.25) is 0 Å². The average molecular weight is 363 g/mol. The van der Waals surface area contributed by atoms with Crippen LogP contribution < -0.4 is 5.32 Å². The van der Waals surface area contributed by atoms with Crippen molar-refractivity contribution >= 4 is 11.8 Å². The van der Waals surface area contributed by atoms with Crippen LogP contribution in [0.1, 0.15) is 60.0 Å². The Kier molecular flexibility index (Phi) is 4.92. The second-order valence-electron chi connectivity index (χ2n) is 7.65. The zero-order valence-corrected chi connectivity index (χ0v) is 15.5. The highest BCUT2D eigenvalue weighted by Gasteiger charge is 2.45. The fourth-order valence-corrected chi connectivity index (χ4v) is 4.45. The second kappa shape index (κ2) is 7.51. The first-order valence-corrected chi connectivity index (χ1v) is 9.73. The van der Waals surface area contributed by atoms with Crippen LogP contribution >= 0.6 is 0 Å². The summed E-state index contributed by atoms with van der Waals surface area (Å²) in [4.78, 5) is 31.9. The maximum Gasteiger partial charge on any atom is 0.254 e. The number of hydrogen-bond donors (Lipinski definition) is 1.